The van der Waals surface area contributed by atoms with Gasteiger partial charge in [0.15, 0.2) is 0 Å². The van der Waals surface area contributed by atoms with Crippen molar-refractivity contribution in [2.75, 3.05) is 11.9 Å². The molecule has 0 spiro atoms. The van der Waals surface area contributed by atoms with Gasteiger partial charge in [-0.05, 0) is 38.5 Å². The summed E-state index contributed by atoms with van der Waals surface area (Å²) in [6.45, 7) is 4.06. The summed E-state index contributed by atoms with van der Waals surface area (Å²) in [5, 5.41) is 23.5. The van der Waals surface area contributed by atoms with Crippen molar-refractivity contribution in [1.82, 2.24) is 15.5 Å². The van der Waals surface area contributed by atoms with Crippen LogP contribution < -0.4 is 10.6 Å². The fourth-order valence-electron chi connectivity index (χ4n) is 2.52. The molecule has 0 bridgehead atoms. The number of hydrogen-bond donors (Lipinski definition) is 3. The Kier molecular flexibility index (Phi) is 4.76. The van der Waals surface area contributed by atoms with Crippen LogP contribution >= 0.6 is 11.3 Å². The van der Waals surface area contributed by atoms with Crippen LogP contribution in [0.25, 0.3) is 0 Å². The van der Waals surface area contributed by atoms with Crippen molar-refractivity contribution in [3.8, 4) is 0 Å². The Hall–Kier alpha value is -1.70. The molecule has 0 aliphatic heterocycles. The summed E-state index contributed by atoms with van der Waals surface area (Å²) in [4.78, 5) is 23.4. The van der Waals surface area contributed by atoms with Gasteiger partial charge in [-0.25, -0.2) is 4.79 Å². The molecule has 1 aromatic rings. The van der Waals surface area contributed by atoms with Crippen molar-refractivity contribution >= 4 is 28.5 Å². The highest BCUT2D eigenvalue weighted by atomic mass is 32.1. The molecule has 1 fully saturated rings. The maximum absolute atomic E-state index is 11.8. The van der Waals surface area contributed by atoms with Gasteiger partial charge >= 0.3 is 12.0 Å². The first kappa shape index (κ1) is 15.7. The van der Waals surface area contributed by atoms with Crippen molar-refractivity contribution in [2.24, 2.45) is 11.3 Å². The monoisotopic (exact) mass is 312 g/mol. The van der Waals surface area contributed by atoms with Gasteiger partial charge in [-0.2, -0.15) is 0 Å². The number of carbonyl (C=O) groups is 2. The second kappa shape index (κ2) is 6.38. The number of carboxylic acids is 1. The normalized spacial score (nSPS) is 25.3. The van der Waals surface area contributed by atoms with E-state index in [9.17, 15) is 14.7 Å². The molecule has 7 nitrogen and oxygen atoms in total. The largest absolute Gasteiger partial charge is 0.481 e. The summed E-state index contributed by atoms with van der Waals surface area (Å²) in [7, 11) is 0. The van der Waals surface area contributed by atoms with Crippen molar-refractivity contribution in [3.05, 3.63) is 5.01 Å². The highest BCUT2D eigenvalue weighted by molar-refractivity contribution is 7.15. The van der Waals surface area contributed by atoms with Gasteiger partial charge in [-0.15, -0.1) is 10.2 Å². The molecule has 1 aromatic heterocycles. The molecule has 3 N–H and O–H groups in total. The molecule has 1 saturated carbocycles. The Morgan fingerprint density at radius 2 is 2.05 bits per heavy atom. The van der Waals surface area contributed by atoms with Gasteiger partial charge in [0, 0.05) is 6.54 Å². The van der Waals surface area contributed by atoms with Crippen molar-refractivity contribution in [2.45, 2.75) is 39.5 Å². The lowest BCUT2D eigenvalue weighted by Gasteiger charge is -2.35. The number of rotatable bonds is 4. The molecular formula is C13H20N4O3S. The third-order valence-corrected chi connectivity index (χ3v) is 4.77. The number of amides is 2. The van der Waals surface area contributed by atoms with Crippen LogP contribution in [0.2, 0.25) is 0 Å². The maximum atomic E-state index is 11.8. The predicted octanol–water partition coefficient (Wildman–Crippen LogP) is 2.25. The zero-order valence-corrected chi connectivity index (χ0v) is 13.0. The lowest BCUT2D eigenvalue weighted by molar-refractivity contribution is -0.151. The average molecular weight is 312 g/mol. The first-order valence-corrected chi connectivity index (χ1v) is 7.81. The number of urea groups is 1. The number of aromatic nitrogens is 2. The number of carbonyl (C=O) groups excluding carboxylic acids is 1. The maximum Gasteiger partial charge on any atom is 0.321 e. The lowest BCUT2D eigenvalue weighted by Crippen LogP contribution is -2.46. The minimum absolute atomic E-state index is 0.138. The van der Waals surface area contributed by atoms with Gasteiger partial charge in [-0.1, -0.05) is 18.3 Å². The van der Waals surface area contributed by atoms with Gasteiger partial charge in [0.05, 0.1) is 5.41 Å². The van der Waals surface area contributed by atoms with E-state index in [2.05, 4.69) is 27.8 Å². The predicted molar refractivity (Wildman–Crippen MR) is 79.4 cm³/mol. The SMILES string of the molecule is Cc1nnc(NC(=O)NCC2(C(=O)O)CCC(C)CC2)s1. The van der Waals surface area contributed by atoms with E-state index in [1.807, 2.05) is 0 Å². The lowest BCUT2D eigenvalue weighted by atomic mass is 9.71. The zero-order valence-electron chi connectivity index (χ0n) is 12.2. The Bertz CT molecular complexity index is 523. The second-order valence-electron chi connectivity index (χ2n) is 5.70. The molecule has 0 atom stereocenters. The van der Waals surface area contributed by atoms with Gasteiger partial charge in [0.1, 0.15) is 5.01 Å². The molecule has 1 aliphatic carbocycles. The first-order valence-electron chi connectivity index (χ1n) is 7.00. The minimum Gasteiger partial charge on any atom is -0.481 e. The first-order chi connectivity index (χ1) is 9.91. The van der Waals surface area contributed by atoms with E-state index in [0.29, 0.717) is 23.9 Å². The van der Waals surface area contributed by atoms with Crippen LogP contribution in [-0.2, 0) is 4.79 Å². The van der Waals surface area contributed by atoms with Gasteiger partial charge in [0.25, 0.3) is 0 Å². The summed E-state index contributed by atoms with van der Waals surface area (Å²) in [5.74, 6) is -0.280. The fourth-order valence-corrected chi connectivity index (χ4v) is 3.11. The summed E-state index contributed by atoms with van der Waals surface area (Å²) in [5.41, 5.74) is -0.846. The number of anilines is 1. The van der Waals surface area contributed by atoms with E-state index in [1.165, 1.54) is 11.3 Å². The number of nitrogens with one attached hydrogen (secondary N) is 2. The average Bonchev–Trinajstić information content (AvgIpc) is 2.83. The van der Waals surface area contributed by atoms with Gasteiger partial charge in [-0.3, -0.25) is 10.1 Å². The van der Waals surface area contributed by atoms with E-state index >= 15 is 0 Å². The van der Waals surface area contributed by atoms with Crippen LogP contribution in [0.4, 0.5) is 9.93 Å². The number of hydrogen-bond acceptors (Lipinski definition) is 5. The van der Waals surface area contributed by atoms with Crippen molar-refractivity contribution in [3.63, 3.8) is 0 Å². The molecule has 0 saturated heterocycles. The highest BCUT2D eigenvalue weighted by Gasteiger charge is 2.41. The van der Waals surface area contributed by atoms with E-state index in [0.717, 1.165) is 17.8 Å². The summed E-state index contributed by atoms with van der Waals surface area (Å²) in [6, 6.07) is -0.439. The van der Waals surface area contributed by atoms with E-state index in [-0.39, 0.29) is 6.54 Å². The van der Waals surface area contributed by atoms with Crippen LogP contribution in [0.3, 0.4) is 0 Å². The van der Waals surface area contributed by atoms with Crippen LogP contribution in [0.1, 0.15) is 37.6 Å². The second-order valence-corrected chi connectivity index (χ2v) is 6.88. The summed E-state index contributed by atoms with van der Waals surface area (Å²) in [6.07, 6.45) is 2.96. The van der Waals surface area contributed by atoms with Gasteiger partial charge in [0.2, 0.25) is 5.13 Å². The smallest absolute Gasteiger partial charge is 0.321 e. The minimum atomic E-state index is -0.846. The molecule has 8 heteroatoms. The standard InChI is InChI=1S/C13H20N4O3S/c1-8-3-5-13(6-4-8,10(18)19)7-14-11(20)15-12-17-16-9(2)21-12/h8H,3-7H2,1-2H3,(H,18,19)(H2,14,15,17,20). The molecule has 116 valence electrons. The summed E-state index contributed by atoms with van der Waals surface area (Å²) >= 11 is 1.27. The topological polar surface area (TPSA) is 104 Å². The Morgan fingerprint density at radius 3 is 2.57 bits per heavy atom. The Balaban J connectivity index is 1.90. The molecule has 0 unspecified atom stereocenters. The van der Waals surface area contributed by atoms with Crippen LogP contribution in [0.15, 0.2) is 0 Å². The molecule has 2 rings (SSSR count). The van der Waals surface area contributed by atoms with Crippen LogP contribution in [0.5, 0.6) is 0 Å². The van der Waals surface area contributed by atoms with E-state index in [4.69, 9.17) is 0 Å². The van der Waals surface area contributed by atoms with Crippen molar-refractivity contribution in [1.29, 1.82) is 0 Å². The van der Waals surface area contributed by atoms with Crippen molar-refractivity contribution < 1.29 is 14.7 Å². The van der Waals surface area contributed by atoms with E-state index < -0.39 is 17.4 Å². The molecular weight excluding hydrogens is 292 g/mol. The van der Waals surface area contributed by atoms with Crippen LogP contribution in [0, 0.1) is 18.3 Å². The van der Waals surface area contributed by atoms with Gasteiger partial charge < -0.3 is 10.4 Å². The third kappa shape index (κ3) is 3.90. The molecule has 0 aromatic carbocycles. The molecule has 1 heterocycles. The Labute approximate surface area is 127 Å². The third-order valence-electron chi connectivity index (χ3n) is 4.02. The number of aliphatic carboxylic acids is 1. The molecule has 21 heavy (non-hydrogen) atoms. The molecule has 2 amide bonds. The Morgan fingerprint density at radius 1 is 1.38 bits per heavy atom. The summed E-state index contributed by atoms with van der Waals surface area (Å²) < 4.78 is 0. The zero-order chi connectivity index (χ0) is 15.5. The number of nitrogens with zero attached hydrogens (tertiary/aromatic N) is 2. The quantitative estimate of drug-likeness (QED) is 0.791. The highest BCUT2D eigenvalue weighted by Crippen LogP contribution is 2.38. The number of carboxylic acid groups (broad SMARTS) is 1. The number of aryl methyl sites for hydroxylation is 1. The fraction of sp³-hybridized carbons (Fsp3) is 0.692. The molecule has 1 aliphatic rings. The van der Waals surface area contributed by atoms with Crippen LogP contribution in [-0.4, -0.2) is 33.8 Å². The van der Waals surface area contributed by atoms with E-state index in [1.54, 1.807) is 6.92 Å². The molecule has 0 radical (unpaired) electrons.